The van der Waals surface area contributed by atoms with Crippen molar-refractivity contribution in [2.75, 3.05) is 0 Å². The van der Waals surface area contributed by atoms with Crippen LogP contribution in [0.2, 0.25) is 5.02 Å². The molecule has 2 N–H and O–H groups in total. The van der Waals surface area contributed by atoms with Crippen LogP contribution in [0, 0.1) is 13.8 Å². The molecule has 0 amide bonds. The van der Waals surface area contributed by atoms with E-state index >= 15 is 0 Å². The summed E-state index contributed by atoms with van der Waals surface area (Å²) in [5, 5.41) is 0.728. The molecular formula is C17H20ClNO. The Bertz CT molecular complexity index is 587. The van der Waals surface area contributed by atoms with Crippen LogP contribution in [0.1, 0.15) is 36.1 Å². The van der Waals surface area contributed by atoms with Gasteiger partial charge in [0.05, 0.1) is 0 Å². The first kappa shape index (κ1) is 14.9. The van der Waals surface area contributed by atoms with Crippen molar-refractivity contribution in [2.45, 2.75) is 33.2 Å². The van der Waals surface area contributed by atoms with Gasteiger partial charge in [0.15, 0.2) is 0 Å². The van der Waals surface area contributed by atoms with Crippen LogP contribution in [-0.4, -0.2) is 0 Å². The lowest BCUT2D eigenvalue weighted by molar-refractivity contribution is 0.462. The summed E-state index contributed by atoms with van der Waals surface area (Å²) in [6, 6.07) is 11.7. The minimum atomic E-state index is -0.0147. The standard InChI is InChI=1S/C17H20ClNO/c1-4-15(19)14-7-5-6-8-16(14)20-17-11(2)9-13(18)10-12(17)3/h5-10,15H,4,19H2,1-3H3/t15-/m0/s1. The second-order valence-corrected chi connectivity index (χ2v) is 5.46. The molecule has 2 nitrogen and oxygen atoms in total. The van der Waals surface area contributed by atoms with Crippen molar-refractivity contribution in [3.05, 3.63) is 58.1 Å². The Morgan fingerprint density at radius 1 is 1.15 bits per heavy atom. The molecule has 0 saturated carbocycles. The summed E-state index contributed by atoms with van der Waals surface area (Å²) in [6.45, 7) is 6.06. The van der Waals surface area contributed by atoms with Crippen LogP contribution in [-0.2, 0) is 0 Å². The average Bonchev–Trinajstić information content (AvgIpc) is 2.42. The number of halogens is 1. The highest BCUT2D eigenvalue weighted by molar-refractivity contribution is 6.30. The molecule has 0 bridgehead atoms. The van der Waals surface area contributed by atoms with Crippen molar-refractivity contribution in [1.29, 1.82) is 0 Å². The minimum Gasteiger partial charge on any atom is -0.456 e. The predicted molar refractivity (Wildman–Crippen MR) is 84.7 cm³/mol. The fourth-order valence-corrected chi connectivity index (χ4v) is 2.60. The molecule has 0 saturated heterocycles. The lowest BCUT2D eigenvalue weighted by Gasteiger charge is -2.18. The molecule has 2 aromatic rings. The summed E-state index contributed by atoms with van der Waals surface area (Å²) in [6.07, 6.45) is 0.874. The Balaban J connectivity index is 2.41. The molecule has 0 aliphatic carbocycles. The van der Waals surface area contributed by atoms with Crippen molar-refractivity contribution in [3.8, 4) is 11.5 Å². The number of benzene rings is 2. The van der Waals surface area contributed by atoms with E-state index in [1.165, 1.54) is 0 Å². The Hall–Kier alpha value is -1.51. The Morgan fingerprint density at radius 2 is 1.75 bits per heavy atom. The van der Waals surface area contributed by atoms with Gasteiger partial charge in [-0.15, -0.1) is 0 Å². The number of hydrogen-bond donors (Lipinski definition) is 1. The number of rotatable bonds is 4. The van der Waals surface area contributed by atoms with Gasteiger partial charge in [0.1, 0.15) is 11.5 Å². The topological polar surface area (TPSA) is 35.2 Å². The van der Waals surface area contributed by atoms with E-state index in [0.29, 0.717) is 0 Å². The SMILES string of the molecule is CC[C@H](N)c1ccccc1Oc1c(C)cc(Cl)cc1C. The molecule has 0 heterocycles. The quantitative estimate of drug-likeness (QED) is 0.844. The lowest BCUT2D eigenvalue weighted by Crippen LogP contribution is -2.10. The normalized spacial score (nSPS) is 12.2. The maximum atomic E-state index is 6.15. The van der Waals surface area contributed by atoms with E-state index in [1.807, 2.05) is 50.2 Å². The van der Waals surface area contributed by atoms with Gasteiger partial charge >= 0.3 is 0 Å². The van der Waals surface area contributed by atoms with Crippen LogP contribution in [0.15, 0.2) is 36.4 Å². The smallest absolute Gasteiger partial charge is 0.133 e. The van der Waals surface area contributed by atoms with Gasteiger partial charge in [-0.25, -0.2) is 0 Å². The molecule has 20 heavy (non-hydrogen) atoms. The summed E-state index contributed by atoms with van der Waals surface area (Å²) in [5.41, 5.74) is 9.23. The van der Waals surface area contributed by atoms with Gasteiger partial charge in [0.2, 0.25) is 0 Å². The fourth-order valence-electron chi connectivity index (χ4n) is 2.27. The third kappa shape index (κ3) is 3.14. The monoisotopic (exact) mass is 289 g/mol. The number of ether oxygens (including phenoxy) is 1. The average molecular weight is 290 g/mol. The van der Waals surface area contributed by atoms with Crippen LogP contribution in [0.4, 0.5) is 0 Å². The number of nitrogens with two attached hydrogens (primary N) is 1. The van der Waals surface area contributed by atoms with E-state index in [1.54, 1.807) is 0 Å². The molecule has 0 aromatic heterocycles. The molecule has 0 aliphatic rings. The molecule has 0 aliphatic heterocycles. The van der Waals surface area contributed by atoms with Crippen molar-refractivity contribution in [2.24, 2.45) is 5.73 Å². The van der Waals surface area contributed by atoms with Crippen molar-refractivity contribution >= 4 is 11.6 Å². The van der Waals surface area contributed by atoms with Gasteiger partial charge in [-0.2, -0.15) is 0 Å². The highest BCUT2D eigenvalue weighted by Crippen LogP contribution is 2.34. The van der Waals surface area contributed by atoms with Gasteiger partial charge in [-0.1, -0.05) is 36.7 Å². The zero-order valence-electron chi connectivity index (χ0n) is 12.1. The van der Waals surface area contributed by atoms with Gasteiger partial charge in [-0.05, 0) is 49.6 Å². The summed E-state index contributed by atoms with van der Waals surface area (Å²) in [5.74, 6) is 1.67. The Labute approximate surface area is 125 Å². The molecule has 1 atom stereocenters. The third-order valence-corrected chi connectivity index (χ3v) is 3.61. The second-order valence-electron chi connectivity index (χ2n) is 5.02. The molecule has 0 fully saturated rings. The van der Waals surface area contributed by atoms with E-state index < -0.39 is 0 Å². The molecule has 2 rings (SSSR count). The molecule has 0 unspecified atom stereocenters. The van der Waals surface area contributed by atoms with E-state index in [0.717, 1.165) is 39.6 Å². The van der Waals surface area contributed by atoms with Crippen LogP contribution in [0.3, 0.4) is 0 Å². The highest BCUT2D eigenvalue weighted by Gasteiger charge is 2.13. The number of aryl methyl sites for hydroxylation is 2. The zero-order valence-corrected chi connectivity index (χ0v) is 12.9. The Morgan fingerprint density at radius 3 is 2.35 bits per heavy atom. The molecule has 0 radical (unpaired) electrons. The molecule has 0 spiro atoms. The third-order valence-electron chi connectivity index (χ3n) is 3.40. The molecule has 3 heteroatoms. The van der Waals surface area contributed by atoms with Crippen LogP contribution >= 0.6 is 11.6 Å². The van der Waals surface area contributed by atoms with Crippen molar-refractivity contribution in [1.82, 2.24) is 0 Å². The van der Waals surface area contributed by atoms with Crippen LogP contribution in [0.5, 0.6) is 11.5 Å². The first-order valence-corrected chi connectivity index (χ1v) is 7.19. The Kier molecular flexibility index (Phi) is 4.69. The van der Waals surface area contributed by atoms with E-state index in [-0.39, 0.29) is 6.04 Å². The van der Waals surface area contributed by atoms with Crippen LogP contribution in [0.25, 0.3) is 0 Å². The van der Waals surface area contributed by atoms with Gasteiger partial charge in [-0.3, -0.25) is 0 Å². The molecular weight excluding hydrogens is 270 g/mol. The largest absolute Gasteiger partial charge is 0.456 e. The second kappa shape index (κ2) is 6.29. The maximum Gasteiger partial charge on any atom is 0.133 e. The summed E-state index contributed by atoms with van der Waals surface area (Å²) in [4.78, 5) is 0. The molecule has 106 valence electrons. The number of hydrogen-bond acceptors (Lipinski definition) is 2. The van der Waals surface area contributed by atoms with E-state index in [2.05, 4.69) is 6.92 Å². The van der Waals surface area contributed by atoms with E-state index in [4.69, 9.17) is 22.1 Å². The van der Waals surface area contributed by atoms with E-state index in [9.17, 15) is 0 Å². The fraction of sp³-hybridized carbons (Fsp3) is 0.294. The van der Waals surface area contributed by atoms with Gasteiger partial charge in [0, 0.05) is 16.6 Å². The highest BCUT2D eigenvalue weighted by atomic mass is 35.5. The number of para-hydroxylation sites is 1. The van der Waals surface area contributed by atoms with Gasteiger partial charge in [0.25, 0.3) is 0 Å². The van der Waals surface area contributed by atoms with Crippen molar-refractivity contribution in [3.63, 3.8) is 0 Å². The van der Waals surface area contributed by atoms with Crippen molar-refractivity contribution < 1.29 is 4.74 Å². The first-order chi connectivity index (χ1) is 9.52. The lowest BCUT2D eigenvalue weighted by atomic mass is 10.0. The molecule has 2 aromatic carbocycles. The summed E-state index contributed by atoms with van der Waals surface area (Å²) < 4.78 is 6.11. The summed E-state index contributed by atoms with van der Waals surface area (Å²) in [7, 11) is 0. The summed E-state index contributed by atoms with van der Waals surface area (Å²) >= 11 is 6.05. The van der Waals surface area contributed by atoms with Crippen LogP contribution < -0.4 is 10.5 Å². The zero-order chi connectivity index (χ0) is 14.7. The maximum absolute atomic E-state index is 6.15. The minimum absolute atomic E-state index is 0.0147. The first-order valence-electron chi connectivity index (χ1n) is 6.82. The van der Waals surface area contributed by atoms with Gasteiger partial charge < -0.3 is 10.5 Å². The predicted octanol–water partition coefficient (Wildman–Crippen LogP) is 5.16.